The van der Waals surface area contributed by atoms with E-state index in [1.165, 1.54) is 12.1 Å². The van der Waals surface area contributed by atoms with Gasteiger partial charge in [-0.1, -0.05) is 18.2 Å². The van der Waals surface area contributed by atoms with Gasteiger partial charge in [-0.2, -0.15) is 0 Å². The van der Waals surface area contributed by atoms with E-state index in [0.29, 0.717) is 35.7 Å². The van der Waals surface area contributed by atoms with Crippen LogP contribution in [0, 0.1) is 12.4 Å². The second kappa shape index (κ2) is 12.6. The number of halogens is 1. The van der Waals surface area contributed by atoms with Crippen molar-refractivity contribution in [1.82, 2.24) is 30.6 Å². The smallest absolute Gasteiger partial charge is 0.217 e. The number of piperidine rings is 1. The summed E-state index contributed by atoms with van der Waals surface area (Å²) >= 11 is 0. The van der Waals surface area contributed by atoms with E-state index in [-0.39, 0.29) is 36.2 Å². The molecular formula is C30H32FN7O4. The molecule has 1 atom stereocenters. The van der Waals surface area contributed by atoms with E-state index < -0.39 is 11.8 Å². The highest BCUT2D eigenvalue weighted by molar-refractivity contribution is 5.86. The highest BCUT2D eigenvalue weighted by Gasteiger charge is 2.27. The monoisotopic (exact) mass is 573 g/mol. The Hall–Kier alpha value is -4.44. The predicted octanol–water partition coefficient (Wildman–Crippen LogP) is 4.00. The van der Waals surface area contributed by atoms with E-state index in [1.54, 1.807) is 24.4 Å². The lowest BCUT2D eigenvalue weighted by Gasteiger charge is -2.33. The highest BCUT2D eigenvalue weighted by atomic mass is 19.1. The maximum absolute atomic E-state index is 14.4. The van der Waals surface area contributed by atoms with Gasteiger partial charge in [-0.25, -0.2) is 24.2 Å². The van der Waals surface area contributed by atoms with Crippen molar-refractivity contribution in [2.75, 3.05) is 19.7 Å². The third-order valence-corrected chi connectivity index (χ3v) is 7.78. The number of hydrogen-bond donors (Lipinski definition) is 1. The number of hydrogen-bond acceptors (Lipinski definition) is 8. The summed E-state index contributed by atoms with van der Waals surface area (Å²) in [6, 6.07) is 11.4. The molecule has 2 aliphatic heterocycles. The standard InChI is InChI=1S/C30H29FN6O4.H3N/c1-32-21-5-4-20(24(31)15-21)18-41-29-23(3-2-11-33-29)19-8-12-36(13-9-19)17-27-34-25-6-7-26(30(38)39)35-28(25)37(27)16-22-10-14-40-22;/h2-7,11,15,19,22H,8-10,12-14,16-18H2,(H,38,39);1H3/t22-;/m0./s1. The van der Waals surface area contributed by atoms with Gasteiger partial charge in [0.05, 0.1) is 37.4 Å². The van der Waals surface area contributed by atoms with Crippen LogP contribution in [-0.2, 0) is 24.4 Å². The number of carboxylic acid groups (broad SMARTS) is 1. The van der Waals surface area contributed by atoms with Gasteiger partial charge in [-0.3, -0.25) is 4.90 Å². The fourth-order valence-corrected chi connectivity index (χ4v) is 5.41. The number of rotatable bonds is 9. The van der Waals surface area contributed by atoms with Gasteiger partial charge in [0.15, 0.2) is 11.3 Å². The summed E-state index contributed by atoms with van der Waals surface area (Å²) in [5, 5.41) is 11.4. The first kappa shape index (κ1) is 29.1. The van der Waals surface area contributed by atoms with Crippen molar-refractivity contribution in [3.8, 4) is 5.88 Å². The minimum absolute atomic E-state index is 0. The number of ether oxygens (including phenoxy) is 2. The van der Waals surface area contributed by atoms with Crippen LogP contribution in [0.4, 0.5) is 10.1 Å². The number of carbonyl (C=O) groups excluding carboxylic acids is 1. The molecular weight excluding hydrogens is 541 g/mol. The molecule has 6 rings (SSSR count). The third-order valence-electron chi connectivity index (χ3n) is 7.78. The van der Waals surface area contributed by atoms with Crippen LogP contribution in [0.25, 0.3) is 16.0 Å². The number of likely N-dealkylation sites (tertiary alicyclic amines) is 1. The second-order valence-electron chi connectivity index (χ2n) is 10.4. The molecule has 0 bridgehead atoms. The van der Waals surface area contributed by atoms with Crippen molar-refractivity contribution in [2.24, 2.45) is 0 Å². The number of carbonyl (C=O) groups is 1. The molecule has 12 heteroatoms. The minimum Gasteiger partial charge on any atom is -0.543 e. The molecule has 42 heavy (non-hydrogen) atoms. The maximum Gasteiger partial charge on any atom is 0.217 e. The SMILES string of the molecule is [C-]#[N+]c1ccc(COc2ncccc2C2CCN(Cc3nc4ccc(C(=O)[O-])nc4n3C[C@@H]3CCO3)CC2)c(F)c1.[NH4+]. The molecule has 3 aromatic heterocycles. The van der Waals surface area contributed by atoms with Gasteiger partial charge in [0.25, 0.3) is 0 Å². The average molecular weight is 574 g/mol. The number of pyridine rings is 2. The zero-order chi connectivity index (χ0) is 28.3. The van der Waals surface area contributed by atoms with Crippen molar-refractivity contribution in [3.63, 3.8) is 0 Å². The minimum atomic E-state index is -1.31. The summed E-state index contributed by atoms with van der Waals surface area (Å²) < 4.78 is 28.0. The van der Waals surface area contributed by atoms with Crippen molar-refractivity contribution in [2.45, 2.75) is 51.0 Å². The number of imidazole rings is 1. The Balaban J connectivity index is 0.00000353. The molecule has 4 aromatic rings. The average Bonchev–Trinajstić information content (AvgIpc) is 3.30. The molecule has 0 saturated carbocycles. The fraction of sp³-hybridized carbons (Fsp3) is 0.367. The normalized spacial score (nSPS) is 17.3. The van der Waals surface area contributed by atoms with E-state index in [4.69, 9.17) is 21.0 Å². The zero-order valence-electron chi connectivity index (χ0n) is 23.3. The predicted molar refractivity (Wildman–Crippen MR) is 151 cm³/mol. The molecule has 0 unspecified atom stereocenters. The molecule has 2 fully saturated rings. The first-order valence-electron chi connectivity index (χ1n) is 13.6. The van der Waals surface area contributed by atoms with Crippen molar-refractivity contribution < 1.29 is 23.8 Å². The van der Waals surface area contributed by atoms with E-state index in [1.807, 2.05) is 16.7 Å². The first-order valence-corrected chi connectivity index (χ1v) is 13.6. The number of quaternary nitrogens is 1. The lowest BCUT2D eigenvalue weighted by atomic mass is 9.90. The Kier molecular flexibility index (Phi) is 8.72. The van der Waals surface area contributed by atoms with E-state index in [2.05, 4.69) is 19.7 Å². The van der Waals surface area contributed by atoms with Gasteiger partial charge in [0.2, 0.25) is 5.88 Å². The van der Waals surface area contributed by atoms with E-state index >= 15 is 0 Å². The topological polar surface area (TPSA) is 146 Å². The summed E-state index contributed by atoms with van der Waals surface area (Å²) in [5.74, 6) is -0.223. The summed E-state index contributed by atoms with van der Waals surface area (Å²) in [6.45, 7) is 10.6. The van der Waals surface area contributed by atoms with Crippen LogP contribution in [0.15, 0.2) is 48.7 Å². The zero-order valence-corrected chi connectivity index (χ0v) is 23.3. The number of aromatic nitrogens is 4. The van der Waals surface area contributed by atoms with Crippen LogP contribution in [0.1, 0.15) is 52.6 Å². The highest BCUT2D eigenvalue weighted by Crippen LogP contribution is 2.34. The third kappa shape index (κ3) is 6.08. The van der Waals surface area contributed by atoms with E-state index in [0.717, 1.165) is 50.3 Å². The van der Waals surface area contributed by atoms with Crippen LogP contribution in [0.5, 0.6) is 5.88 Å². The summed E-state index contributed by atoms with van der Waals surface area (Å²) in [4.78, 5) is 30.6. The Morgan fingerprint density at radius 3 is 2.67 bits per heavy atom. The van der Waals surface area contributed by atoms with Crippen molar-refractivity contribution in [1.29, 1.82) is 0 Å². The largest absolute Gasteiger partial charge is 0.543 e. The van der Waals surface area contributed by atoms with Gasteiger partial charge in [0, 0.05) is 23.9 Å². The number of aromatic carboxylic acids is 1. The Bertz CT molecular complexity index is 1620. The number of fused-ring (bicyclic) bond motifs is 1. The van der Waals surface area contributed by atoms with Gasteiger partial charge < -0.3 is 30.1 Å². The van der Waals surface area contributed by atoms with Gasteiger partial charge in [0.1, 0.15) is 23.8 Å². The van der Waals surface area contributed by atoms with Crippen LogP contribution in [0.2, 0.25) is 0 Å². The van der Waals surface area contributed by atoms with Crippen LogP contribution in [-0.4, -0.2) is 56.2 Å². The number of benzene rings is 1. The van der Waals surface area contributed by atoms with Gasteiger partial charge in [-0.15, -0.1) is 0 Å². The Morgan fingerprint density at radius 2 is 1.98 bits per heavy atom. The molecule has 2 saturated heterocycles. The summed E-state index contributed by atoms with van der Waals surface area (Å²) in [5.41, 5.74) is 2.69. The van der Waals surface area contributed by atoms with Crippen molar-refractivity contribution in [3.05, 3.63) is 88.5 Å². The lowest BCUT2D eigenvalue weighted by Crippen LogP contribution is -2.35. The molecule has 0 amide bonds. The summed E-state index contributed by atoms with van der Waals surface area (Å²) in [7, 11) is 0. The van der Waals surface area contributed by atoms with Gasteiger partial charge in [-0.05, 0) is 62.5 Å². The fourth-order valence-electron chi connectivity index (χ4n) is 5.41. The molecule has 218 valence electrons. The van der Waals surface area contributed by atoms with Gasteiger partial charge >= 0.3 is 0 Å². The van der Waals surface area contributed by atoms with Crippen LogP contribution in [0.3, 0.4) is 0 Å². The van der Waals surface area contributed by atoms with E-state index in [9.17, 15) is 14.3 Å². The molecule has 0 spiro atoms. The molecule has 1 aromatic carbocycles. The molecule has 4 N–H and O–H groups in total. The molecule has 11 nitrogen and oxygen atoms in total. The Labute approximate surface area is 242 Å². The Morgan fingerprint density at radius 1 is 1.17 bits per heavy atom. The molecule has 0 radical (unpaired) electrons. The van der Waals surface area contributed by atoms with Crippen LogP contribution >= 0.6 is 0 Å². The van der Waals surface area contributed by atoms with Crippen molar-refractivity contribution >= 4 is 22.8 Å². The number of carboxylic acids is 1. The molecule has 2 aliphatic rings. The first-order chi connectivity index (χ1) is 20.0. The quantitative estimate of drug-likeness (QED) is 0.296. The molecule has 0 aliphatic carbocycles. The number of nitrogens with zero attached hydrogens (tertiary/aromatic N) is 6. The van der Waals surface area contributed by atoms with Crippen LogP contribution < -0.4 is 16.0 Å². The summed E-state index contributed by atoms with van der Waals surface area (Å²) in [6.07, 6.45) is 4.44. The molecule has 5 heterocycles. The maximum atomic E-state index is 14.4. The second-order valence-corrected chi connectivity index (χ2v) is 10.4. The lowest BCUT2D eigenvalue weighted by molar-refractivity contribution is -0.255.